The van der Waals surface area contributed by atoms with Crippen molar-refractivity contribution in [1.82, 2.24) is 9.47 Å². The van der Waals surface area contributed by atoms with E-state index >= 15 is 0 Å². The average molecular weight is 248 g/mol. The van der Waals surface area contributed by atoms with E-state index in [9.17, 15) is 9.59 Å². The molecule has 98 valence electrons. The fourth-order valence-electron chi connectivity index (χ4n) is 2.70. The highest BCUT2D eigenvalue weighted by Crippen LogP contribution is 2.20. The van der Waals surface area contributed by atoms with Crippen LogP contribution in [0.15, 0.2) is 29.2 Å². The Bertz CT molecular complexity index is 471. The fourth-order valence-corrected chi connectivity index (χ4v) is 2.70. The normalized spacial score (nSPS) is 24.0. The summed E-state index contributed by atoms with van der Waals surface area (Å²) in [6, 6.07) is 4.94. The Morgan fingerprint density at radius 2 is 1.94 bits per heavy atom. The van der Waals surface area contributed by atoms with E-state index in [4.69, 9.17) is 0 Å². The van der Waals surface area contributed by atoms with Gasteiger partial charge < -0.3 is 9.47 Å². The number of likely N-dealkylation sites (tertiary alicyclic amines) is 1. The predicted molar refractivity (Wildman–Crippen MR) is 70.2 cm³/mol. The molecular formula is C14H20N2O2. The van der Waals surface area contributed by atoms with Crippen molar-refractivity contribution in [2.45, 2.75) is 26.8 Å². The van der Waals surface area contributed by atoms with Crippen LogP contribution in [-0.2, 0) is 11.3 Å². The van der Waals surface area contributed by atoms with Crippen LogP contribution in [-0.4, -0.2) is 28.5 Å². The lowest BCUT2D eigenvalue weighted by molar-refractivity contribution is -0.134. The van der Waals surface area contributed by atoms with Crippen molar-refractivity contribution in [3.8, 4) is 0 Å². The Labute approximate surface area is 107 Å². The van der Waals surface area contributed by atoms with Crippen molar-refractivity contribution in [3.63, 3.8) is 0 Å². The molecule has 2 heterocycles. The highest BCUT2D eigenvalue weighted by Gasteiger charge is 2.25. The van der Waals surface area contributed by atoms with E-state index < -0.39 is 0 Å². The minimum Gasteiger partial charge on any atom is -0.341 e. The minimum atomic E-state index is -0.121. The second-order valence-corrected chi connectivity index (χ2v) is 5.41. The average Bonchev–Trinajstić information content (AvgIpc) is 2.31. The third-order valence-corrected chi connectivity index (χ3v) is 3.43. The molecule has 0 radical (unpaired) electrons. The van der Waals surface area contributed by atoms with Gasteiger partial charge in [0, 0.05) is 25.4 Å². The van der Waals surface area contributed by atoms with E-state index in [1.807, 2.05) is 4.90 Å². The van der Waals surface area contributed by atoms with Crippen LogP contribution in [0.2, 0.25) is 0 Å². The van der Waals surface area contributed by atoms with E-state index in [0.717, 1.165) is 13.1 Å². The Balaban J connectivity index is 2.04. The van der Waals surface area contributed by atoms with E-state index in [2.05, 4.69) is 13.8 Å². The second-order valence-electron chi connectivity index (χ2n) is 5.41. The van der Waals surface area contributed by atoms with Gasteiger partial charge in [-0.25, -0.2) is 0 Å². The molecule has 2 unspecified atom stereocenters. The molecule has 2 atom stereocenters. The van der Waals surface area contributed by atoms with Gasteiger partial charge in [0.25, 0.3) is 5.56 Å². The van der Waals surface area contributed by atoms with Crippen LogP contribution < -0.4 is 5.56 Å². The summed E-state index contributed by atoms with van der Waals surface area (Å²) in [6.07, 6.45) is 2.84. The third-order valence-electron chi connectivity index (χ3n) is 3.43. The van der Waals surface area contributed by atoms with Gasteiger partial charge in [0.1, 0.15) is 6.54 Å². The van der Waals surface area contributed by atoms with Crippen LogP contribution >= 0.6 is 0 Å². The fraction of sp³-hybridized carbons (Fsp3) is 0.571. The molecule has 1 amide bonds. The van der Waals surface area contributed by atoms with E-state index in [0.29, 0.717) is 11.8 Å². The summed E-state index contributed by atoms with van der Waals surface area (Å²) >= 11 is 0. The Morgan fingerprint density at radius 3 is 2.56 bits per heavy atom. The van der Waals surface area contributed by atoms with Gasteiger partial charge in [-0.1, -0.05) is 19.9 Å². The number of amides is 1. The van der Waals surface area contributed by atoms with Crippen molar-refractivity contribution in [2.75, 3.05) is 13.1 Å². The number of carbonyl (C=O) groups excluding carboxylic acids is 1. The maximum absolute atomic E-state index is 12.2. The van der Waals surface area contributed by atoms with Crippen molar-refractivity contribution < 1.29 is 4.79 Å². The first-order chi connectivity index (χ1) is 8.56. The summed E-state index contributed by atoms with van der Waals surface area (Å²) in [7, 11) is 0. The van der Waals surface area contributed by atoms with Crippen LogP contribution in [0, 0.1) is 11.8 Å². The molecule has 0 aliphatic carbocycles. The first-order valence-corrected chi connectivity index (χ1v) is 6.49. The zero-order valence-electron chi connectivity index (χ0n) is 11.0. The van der Waals surface area contributed by atoms with Crippen LogP contribution in [0.1, 0.15) is 20.3 Å². The molecule has 1 aliphatic heterocycles. The molecule has 0 bridgehead atoms. The van der Waals surface area contributed by atoms with Gasteiger partial charge in [0.05, 0.1) is 0 Å². The molecule has 4 heteroatoms. The molecular weight excluding hydrogens is 228 g/mol. The summed E-state index contributed by atoms with van der Waals surface area (Å²) < 4.78 is 1.46. The van der Waals surface area contributed by atoms with Crippen LogP contribution in [0.5, 0.6) is 0 Å². The molecule has 0 N–H and O–H groups in total. The lowest BCUT2D eigenvalue weighted by Crippen LogP contribution is -2.44. The largest absolute Gasteiger partial charge is 0.341 e. The van der Waals surface area contributed by atoms with Gasteiger partial charge in [0.15, 0.2) is 0 Å². The zero-order valence-corrected chi connectivity index (χ0v) is 11.0. The maximum atomic E-state index is 12.2. The number of carbonyl (C=O) groups is 1. The molecule has 1 aromatic heterocycles. The molecule has 0 spiro atoms. The summed E-state index contributed by atoms with van der Waals surface area (Å²) in [5, 5.41) is 0. The second kappa shape index (κ2) is 5.38. The van der Waals surface area contributed by atoms with Gasteiger partial charge >= 0.3 is 0 Å². The molecule has 1 aromatic rings. The van der Waals surface area contributed by atoms with E-state index in [1.54, 1.807) is 18.3 Å². The first kappa shape index (κ1) is 12.9. The molecule has 4 nitrogen and oxygen atoms in total. The standard InChI is InChI=1S/C14H20N2O2/c1-11-7-12(2)9-16(8-11)14(18)10-15-6-4-3-5-13(15)17/h3-6,11-12H,7-10H2,1-2H3. The molecule has 0 aromatic carbocycles. The molecule has 1 saturated heterocycles. The Kier molecular flexibility index (Phi) is 3.84. The number of hydrogen-bond donors (Lipinski definition) is 0. The smallest absolute Gasteiger partial charge is 0.250 e. The molecule has 1 aliphatic rings. The maximum Gasteiger partial charge on any atom is 0.250 e. The van der Waals surface area contributed by atoms with Crippen molar-refractivity contribution in [1.29, 1.82) is 0 Å². The van der Waals surface area contributed by atoms with Gasteiger partial charge in [-0.15, -0.1) is 0 Å². The summed E-state index contributed by atoms with van der Waals surface area (Å²) in [5.74, 6) is 1.14. The molecule has 18 heavy (non-hydrogen) atoms. The molecule has 1 fully saturated rings. The lowest BCUT2D eigenvalue weighted by atomic mass is 9.92. The highest BCUT2D eigenvalue weighted by atomic mass is 16.2. The summed E-state index contributed by atoms with van der Waals surface area (Å²) in [6.45, 7) is 6.11. The van der Waals surface area contributed by atoms with Gasteiger partial charge in [-0.3, -0.25) is 9.59 Å². The van der Waals surface area contributed by atoms with E-state index in [1.165, 1.54) is 17.1 Å². The van der Waals surface area contributed by atoms with E-state index in [-0.39, 0.29) is 18.0 Å². The number of rotatable bonds is 2. The van der Waals surface area contributed by atoms with Crippen LogP contribution in [0.4, 0.5) is 0 Å². The number of nitrogens with zero attached hydrogens (tertiary/aromatic N) is 2. The SMILES string of the molecule is CC1CC(C)CN(C(=O)Cn2ccccc2=O)C1. The predicted octanol–water partition coefficient (Wildman–Crippen LogP) is 1.35. The lowest BCUT2D eigenvalue weighted by Gasteiger charge is -2.35. The van der Waals surface area contributed by atoms with Crippen molar-refractivity contribution >= 4 is 5.91 Å². The number of aromatic nitrogens is 1. The van der Waals surface area contributed by atoms with Crippen molar-refractivity contribution in [3.05, 3.63) is 34.7 Å². The number of piperidine rings is 1. The quantitative estimate of drug-likeness (QED) is 0.793. The van der Waals surface area contributed by atoms with Crippen LogP contribution in [0.3, 0.4) is 0 Å². The van der Waals surface area contributed by atoms with Crippen LogP contribution in [0.25, 0.3) is 0 Å². The number of pyridine rings is 1. The monoisotopic (exact) mass is 248 g/mol. The minimum absolute atomic E-state index is 0.0432. The Morgan fingerprint density at radius 1 is 1.28 bits per heavy atom. The summed E-state index contributed by atoms with van der Waals surface area (Å²) in [5.41, 5.74) is -0.121. The first-order valence-electron chi connectivity index (χ1n) is 6.49. The number of hydrogen-bond acceptors (Lipinski definition) is 2. The van der Waals surface area contributed by atoms with Gasteiger partial charge in [-0.05, 0) is 24.3 Å². The highest BCUT2D eigenvalue weighted by molar-refractivity contribution is 5.76. The molecule has 0 saturated carbocycles. The van der Waals surface area contributed by atoms with Gasteiger partial charge in [-0.2, -0.15) is 0 Å². The van der Waals surface area contributed by atoms with Crippen molar-refractivity contribution in [2.24, 2.45) is 11.8 Å². The third kappa shape index (κ3) is 3.00. The van der Waals surface area contributed by atoms with Gasteiger partial charge in [0.2, 0.25) is 5.91 Å². The topological polar surface area (TPSA) is 42.3 Å². The summed E-state index contributed by atoms with van der Waals surface area (Å²) in [4.78, 5) is 25.6. The molecule has 2 rings (SSSR count). The Hall–Kier alpha value is -1.58. The zero-order chi connectivity index (χ0) is 13.1.